The van der Waals surface area contributed by atoms with E-state index in [2.05, 4.69) is 10.5 Å². The van der Waals surface area contributed by atoms with Gasteiger partial charge in [-0.1, -0.05) is 18.2 Å². The Morgan fingerprint density at radius 2 is 1.92 bits per heavy atom. The molecule has 1 aromatic heterocycles. The summed E-state index contributed by atoms with van der Waals surface area (Å²) in [6.45, 7) is 0. The predicted octanol–water partition coefficient (Wildman–Crippen LogP) is 1.16. The van der Waals surface area contributed by atoms with Crippen LogP contribution in [0.2, 0.25) is 0 Å². The Morgan fingerprint density at radius 3 is 2.62 bits per heavy atom. The third-order valence-corrected chi connectivity index (χ3v) is 1.79. The van der Waals surface area contributed by atoms with Crippen LogP contribution >= 0.6 is 0 Å². The van der Waals surface area contributed by atoms with E-state index in [9.17, 15) is 0 Å². The molecule has 4 nitrogen and oxygen atoms in total. The smallest absolute Gasteiger partial charge is 0.143 e. The van der Waals surface area contributed by atoms with Gasteiger partial charge in [-0.05, 0) is 12.1 Å². The van der Waals surface area contributed by atoms with Crippen molar-refractivity contribution in [3.8, 4) is 5.69 Å². The number of aromatic nitrogens is 2. The van der Waals surface area contributed by atoms with E-state index in [4.69, 9.17) is 5.84 Å². The monoisotopic (exact) mass is 174 g/mol. The van der Waals surface area contributed by atoms with Gasteiger partial charge in [-0.3, -0.25) is 0 Å². The van der Waals surface area contributed by atoms with Crippen molar-refractivity contribution in [2.24, 2.45) is 5.84 Å². The van der Waals surface area contributed by atoms with Crippen LogP contribution in [0.4, 0.5) is 5.82 Å². The molecule has 0 bridgehead atoms. The average molecular weight is 174 g/mol. The highest BCUT2D eigenvalue weighted by Gasteiger charge is 2.00. The van der Waals surface area contributed by atoms with Gasteiger partial charge in [-0.15, -0.1) is 0 Å². The van der Waals surface area contributed by atoms with Crippen LogP contribution in [0.5, 0.6) is 0 Å². The molecule has 1 heterocycles. The number of benzene rings is 1. The van der Waals surface area contributed by atoms with Crippen LogP contribution < -0.4 is 11.3 Å². The van der Waals surface area contributed by atoms with E-state index in [0.29, 0.717) is 0 Å². The van der Waals surface area contributed by atoms with Crippen LogP contribution in [0.25, 0.3) is 5.69 Å². The Bertz CT molecular complexity index is 380. The Balaban J connectivity index is 2.47. The fourth-order valence-electron chi connectivity index (χ4n) is 1.19. The van der Waals surface area contributed by atoms with Crippen molar-refractivity contribution in [1.29, 1.82) is 0 Å². The summed E-state index contributed by atoms with van der Waals surface area (Å²) in [6, 6.07) is 11.6. The topological polar surface area (TPSA) is 55.9 Å². The zero-order valence-electron chi connectivity index (χ0n) is 7.01. The van der Waals surface area contributed by atoms with E-state index >= 15 is 0 Å². The van der Waals surface area contributed by atoms with Crippen LogP contribution in [-0.2, 0) is 0 Å². The summed E-state index contributed by atoms with van der Waals surface area (Å²) in [4.78, 5) is 0. The summed E-state index contributed by atoms with van der Waals surface area (Å²) < 4.78 is 1.74. The normalized spacial score (nSPS) is 9.92. The lowest BCUT2D eigenvalue weighted by Gasteiger charge is -2.05. The lowest BCUT2D eigenvalue weighted by Crippen LogP contribution is -2.11. The SMILES string of the molecule is NNc1ccnn1-c1ccccc1. The van der Waals surface area contributed by atoms with Gasteiger partial charge >= 0.3 is 0 Å². The van der Waals surface area contributed by atoms with E-state index in [1.807, 2.05) is 36.4 Å². The number of anilines is 1. The number of nitrogens with two attached hydrogens (primary N) is 1. The minimum absolute atomic E-state index is 0.770. The number of hydrogen-bond acceptors (Lipinski definition) is 3. The summed E-state index contributed by atoms with van der Waals surface area (Å²) in [5.41, 5.74) is 3.56. The third kappa shape index (κ3) is 1.39. The van der Waals surface area contributed by atoms with Crippen molar-refractivity contribution in [1.82, 2.24) is 9.78 Å². The molecule has 0 aliphatic rings. The number of nitrogens with zero attached hydrogens (tertiary/aromatic N) is 2. The first kappa shape index (κ1) is 7.82. The zero-order chi connectivity index (χ0) is 9.10. The number of para-hydroxylation sites is 1. The molecule has 0 aliphatic carbocycles. The second kappa shape index (κ2) is 3.28. The first-order valence-corrected chi connectivity index (χ1v) is 3.98. The van der Waals surface area contributed by atoms with Crippen molar-refractivity contribution >= 4 is 5.82 Å². The maximum atomic E-state index is 5.32. The van der Waals surface area contributed by atoms with Gasteiger partial charge in [-0.2, -0.15) is 5.10 Å². The summed E-state index contributed by atoms with van der Waals surface area (Å²) >= 11 is 0. The molecule has 0 radical (unpaired) electrons. The maximum absolute atomic E-state index is 5.32. The van der Waals surface area contributed by atoms with Crippen LogP contribution in [0.1, 0.15) is 0 Å². The van der Waals surface area contributed by atoms with Crippen molar-refractivity contribution < 1.29 is 0 Å². The standard InChI is InChI=1S/C9H10N4/c10-12-9-6-7-11-13(9)8-4-2-1-3-5-8/h1-7,12H,10H2. The second-order valence-corrected chi connectivity index (χ2v) is 2.61. The molecule has 4 heteroatoms. The summed E-state index contributed by atoms with van der Waals surface area (Å²) in [5.74, 6) is 6.09. The molecule has 2 rings (SSSR count). The largest absolute Gasteiger partial charge is 0.308 e. The fourth-order valence-corrected chi connectivity index (χ4v) is 1.19. The first-order chi connectivity index (χ1) is 6.42. The number of hydrazine groups is 1. The molecule has 1 aromatic carbocycles. The lowest BCUT2D eigenvalue weighted by molar-refractivity contribution is 0.881. The van der Waals surface area contributed by atoms with Gasteiger partial charge in [-0.25, -0.2) is 10.5 Å². The predicted molar refractivity (Wildman–Crippen MR) is 51.4 cm³/mol. The highest BCUT2D eigenvalue weighted by Crippen LogP contribution is 2.12. The molecule has 0 saturated carbocycles. The first-order valence-electron chi connectivity index (χ1n) is 3.98. The quantitative estimate of drug-likeness (QED) is 0.530. The van der Waals surface area contributed by atoms with E-state index in [0.717, 1.165) is 11.5 Å². The Kier molecular flexibility index (Phi) is 1.97. The summed E-state index contributed by atoms with van der Waals surface area (Å²) in [6.07, 6.45) is 1.70. The van der Waals surface area contributed by atoms with Crippen LogP contribution in [0.3, 0.4) is 0 Å². The summed E-state index contributed by atoms with van der Waals surface area (Å²) in [7, 11) is 0. The molecule has 0 unspecified atom stereocenters. The van der Waals surface area contributed by atoms with Gasteiger partial charge in [0, 0.05) is 6.07 Å². The highest BCUT2D eigenvalue weighted by molar-refractivity contribution is 5.43. The minimum Gasteiger partial charge on any atom is -0.308 e. The molecule has 0 aliphatic heterocycles. The minimum atomic E-state index is 0.770. The highest BCUT2D eigenvalue weighted by atomic mass is 15.4. The molecular formula is C9H10N4. The van der Waals surface area contributed by atoms with E-state index < -0.39 is 0 Å². The molecule has 0 amide bonds. The van der Waals surface area contributed by atoms with Crippen molar-refractivity contribution in [3.05, 3.63) is 42.6 Å². The molecule has 66 valence electrons. The maximum Gasteiger partial charge on any atom is 0.143 e. The third-order valence-electron chi connectivity index (χ3n) is 1.79. The van der Waals surface area contributed by atoms with Crippen molar-refractivity contribution in [3.63, 3.8) is 0 Å². The molecule has 0 spiro atoms. The Hall–Kier alpha value is -1.81. The lowest BCUT2D eigenvalue weighted by atomic mass is 10.3. The summed E-state index contributed by atoms with van der Waals surface area (Å²) in [5, 5.41) is 4.13. The van der Waals surface area contributed by atoms with Crippen LogP contribution in [0, 0.1) is 0 Å². The van der Waals surface area contributed by atoms with E-state index in [-0.39, 0.29) is 0 Å². The fraction of sp³-hybridized carbons (Fsp3) is 0. The van der Waals surface area contributed by atoms with Gasteiger partial charge in [0.05, 0.1) is 11.9 Å². The molecule has 2 aromatic rings. The Labute approximate surface area is 76.0 Å². The van der Waals surface area contributed by atoms with E-state index in [1.54, 1.807) is 10.9 Å². The number of nitrogens with one attached hydrogen (secondary N) is 1. The van der Waals surface area contributed by atoms with E-state index in [1.165, 1.54) is 0 Å². The van der Waals surface area contributed by atoms with Gasteiger partial charge in [0.1, 0.15) is 5.82 Å². The molecule has 3 N–H and O–H groups in total. The molecule has 0 fully saturated rings. The molecule has 0 atom stereocenters. The van der Waals surface area contributed by atoms with Crippen LogP contribution in [-0.4, -0.2) is 9.78 Å². The van der Waals surface area contributed by atoms with Crippen molar-refractivity contribution in [2.75, 3.05) is 5.43 Å². The van der Waals surface area contributed by atoms with Gasteiger partial charge in [0.25, 0.3) is 0 Å². The molecule has 13 heavy (non-hydrogen) atoms. The zero-order valence-corrected chi connectivity index (χ0v) is 7.01. The van der Waals surface area contributed by atoms with Gasteiger partial charge in [0.2, 0.25) is 0 Å². The van der Waals surface area contributed by atoms with Crippen molar-refractivity contribution in [2.45, 2.75) is 0 Å². The van der Waals surface area contributed by atoms with Gasteiger partial charge < -0.3 is 5.43 Å². The van der Waals surface area contributed by atoms with Gasteiger partial charge in [0.15, 0.2) is 0 Å². The number of hydrogen-bond donors (Lipinski definition) is 2. The molecule has 0 saturated heterocycles. The number of rotatable bonds is 2. The average Bonchev–Trinajstić information content (AvgIpc) is 2.67. The van der Waals surface area contributed by atoms with Crippen LogP contribution in [0.15, 0.2) is 42.6 Å². The Morgan fingerprint density at radius 1 is 1.15 bits per heavy atom. The molecular weight excluding hydrogens is 164 g/mol. The number of nitrogen functional groups attached to an aromatic ring is 1. The second-order valence-electron chi connectivity index (χ2n) is 2.61.